The van der Waals surface area contributed by atoms with Crippen LogP contribution in [0.3, 0.4) is 0 Å². The molecule has 1 amide bonds. The van der Waals surface area contributed by atoms with E-state index in [0.717, 1.165) is 23.8 Å². The number of nitrogens with one attached hydrogen (secondary N) is 1. The number of anilines is 1. The van der Waals surface area contributed by atoms with E-state index in [0.29, 0.717) is 12.5 Å². The standard InChI is InChI=1S/C15H21ClN2O2/c1-15(2,3)20-14(19)17-8-11-9-18(10-11)13-6-4-5-12(16)7-13/h4-7,11H,8-10H2,1-3H3,(H,17,19). The molecule has 0 saturated carbocycles. The quantitative estimate of drug-likeness (QED) is 0.930. The summed E-state index contributed by atoms with van der Waals surface area (Å²) in [5, 5.41) is 3.56. The van der Waals surface area contributed by atoms with E-state index in [2.05, 4.69) is 10.2 Å². The molecule has 0 spiro atoms. The van der Waals surface area contributed by atoms with Crippen molar-refractivity contribution in [3.05, 3.63) is 29.3 Å². The second-order valence-corrected chi connectivity index (χ2v) is 6.57. The summed E-state index contributed by atoms with van der Waals surface area (Å²) in [5.74, 6) is 0.460. The van der Waals surface area contributed by atoms with Gasteiger partial charge in [0.15, 0.2) is 0 Å². The molecule has 1 heterocycles. The molecule has 0 aliphatic carbocycles. The van der Waals surface area contributed by atoms with Crippen molar-refractivity contribution in [2.45, 2.75) is 26.4 Å². The molecule has 1 aliphatic rings. The Morgan fingerprint density at radius 3 is 2.75 bits per heavy atom. The number of benzene rings is 1. The molecule has 0 atom stereocenters. The molecule has 20 heavy (non-hydrogen) atoms. The summed E-state index contributed by atoms with van der Waals surface area (Å²) in [6.45, 7) is 8.07. The third-order valence-electron chi connectivity index (χ3n) is 3.06. The van der Waals surface area contributed by atoms with E-state index >= 15 is 0 Å². The largest absolute Gasteiger partial charge is 0.444 e. The number of halogens is 1. The summed E-state index contributed by atoms with van der Waals surface area (Å²) in [7, 11) is 0. The van der Waals surface area contributed by atoms with Crippen LogP contribution in [-0.2, 0) is 4.74 Å². The fourth-order valence-corrected chi connectivity index (χ4v) is 2.31. The van der Waals surface area contributed by atoms with Crippen LogP contribution in [0.15, 0.2) is 24.3 Å². The molecule has 1 saturated heterocycles. The lowest BCUT2D eigenvalue weighted by Gasteiger charge is -2.41. The van der Waals surface area contributed by atoms with Gasteiger partial charge in [-0.2, -0.15) is 0 Å². The summed E-state index contributed by atoms with van der Waals surface area (Å²) in [5.41, 5.74) is 0.683. The van der Waals surface area contributed by atoms with Crippen LogP contribution in [0.5, 0.6) is 0 Å². The number of hydrogen-bond acceptors (Lipinski definition) is 3. The predicted octanol–water partition coefficient (Wildman–Crippen LogP) is 3.30. The molecular formula is C15H21ClN2O2. The fraction of sp³-hybridized carbons (Fsp3) is 0.533. The van der Waals surface area contributed by atoms with Crippen molar-refractivity contribution in [1.29, 1.82) is 0 Å². The maximum absolute atomic E-state index is 11.5. The number of amides is 1. The Morgan fingerprint density at radius 1 is 1.45 bits per heavy atom. The molecule has 1 aromatic carbocycles. The molecule has 0 aromatic heterocycles. The van der Waals surface area contributed by atoms with Crippen molar-refractivity contribution in [3.63, 3.8) is 0 Å². The van der Waals surface area contributed by atoms with E-state index < -0.39 is 5.60 Å². The average molecular weight is 297 g/mol. The minimum atomic E-state index is -0.448. The van der Waals surface area contributed by atoms with E-state index in [1.807, 2.05) is 45.0 Å². The second kappa shape index (κ2) is 5.92. The smallest absolute Gasteiger partial charge is 0.407 e. The molecule has 1 fully saturated rings. The van der Waals surface area contributed by atoms with Crippen molar-refractivity contribution in [3.8, 4) is 0 Å². The highest BCUT2D eigenvalue weighted by molar-refractivity contribution is 6.30. The first kappa shape index (κ1) is 15.0. The average Bonchev–Trinajstić information content (AvgIpc) is 2.24. The van der Waals surface area contributed by atoms with Crippen LogP contribution in [0.4, 0.5) is 10.5 Å². The van der Waals surface area contributed by atoms with Crippen LogP contribution in [0.2, 0.25) is 5.02 Å². The highest BCUT2D eigenvalue weighted by atomic mass is 35.5. The van der Waals surface area contributed by atoms with Crippen LogP contribution in [-0.4, -0.2) is 31.3 Å². The molecule has 4 nitrogen and oxygen atoms in total. The van der Waals surface area contributed by atoms with Gasteiger partial charge in [0.05, 0.1) is 0 Å². The minimum Gasteiger partial charge on any atom is -0.444 e. The van der Waals surface area contributed by atoms with Gasteiger partial charge in [-0.15, -0.1) is 0 Å². The van der Waals surface area contributed by atoms with Gasteiger partial charge in [-0.3, -0.25) is 0 Å². The SMILES string of the molecule is CC(C)(C)OC(=O)NCC1CN(c2cccc(Cl)c2)C1. The Labute approximate surface area is 125 Å². The molecule has 0 radical (unpaired) electrons. The molecule has 1 aliphatic heterocycles. The first-order valence-electron chi connectivity index (χ1n) is 6.81. The van der Waals surface area contributed by atoms with Gasteiger partial charge >= 0.3 is 6.09 Å². The number of rotatable bonds is 3. The normalized spacial score (nSPS) is 15.7. The van der Waals surface area contributed by atoms with Gasteiger partial charge in [-0.05, 0) is 39.0 Å². The van der Waals surface area contributed by atoms with E-state index in [4.69, 9.17) is 16.3 Å². The van der Waals surface area contributed by atoms with Crippen molar-refractivity contribution >= 4 is 23.4 Å². The Bertz CT molecular complexity index is 479. The lowest BCUT2D eigenvalue weighted by Crippen LogP contribution is -2.51. The number of hydrogen-bond donors (Lipinski definition) is 1. The summed E-state index contributed by atoms with van der Waals surface area (Å²) < 4.78 is 5.20. The predicted molar refractivity (Wildman–Crippen MR) is 81.4 cm³/mol. The molecule has 0 unspecified atom stereocenters. The molecular weight excluding hydrogens is 276 g/mol. The fourth-order valence-electron chi connectivity index (χ4n) is 2.12. The number of ether oxygens (including phenoxy) is 1. The summed E-state index contributed by atoms with van der Waals surface area (Å²) >= 11 is 5.97. The van der Waals surface area contributed by atoms with Crippen molar-refractivity contribution in [2.24, 2.45) is 5.92 Å². The van der Waals surface area contributed by atoms with Crippen LogP contribution < -0.4 is 10.2 Å². The van der Waals surface area contributed by atoms with Gasteiger partial charge < -0.3 is 15.0 Å². The topological polar surface area (TPSA) is 41.6 Å². The zero-order valence-corrected chi connectivity index (χ0v) is 12.9. The van der Waals surface area contributed by atoms with E-state index in [1.165, 1.54) is 0 Å². The van der Waals surface area contributed by atoms with Gasteiger partial charge in [0.25, 0.3) is 0 Å². The van der Waals surface area contributed by atoms with Crippen LogP contribution >= 0.6 is 11.6 Å². The Balaban J connectivity index is 1.71. The van der Waals surface area contributed by atoms with Gasteiger partial charge in [-0.25, -0.2) is 4.79 Å². The number of alkyl carbamates (subject to hydrolysis) is 1. The zero-order valence-electron chi connectivity index (χ0n) is 12.1. The van der Waals surface area contributed by atoms with Crippen LogP contribution in [0, 0.1) is 5.92 Å². The van der Waals surface area contributed by atoms with Crippen LogP contribution in [0.25, 0.3) is 0 Å². The van der Waals surface area contributed by atoms with Gasteiger partial charge in [0.2, 0.25) is 0 Å². The summed E-state index contributed by atoms with van der Waals surface area (Å²) in [6, 6.07) is 7.82. The Morgan fingerprint density at radius 2 is 2.15 bits per heavy atom. The van der Waals surface area contributed by atoms with E-state index in [1.54, 1.807) is 0 Å². The third kappa shape index (κ3) is 4.30. The number of nitrogens with zero attached hydrogens (tertiary/aromatic N) is 1. The zero-order chi connectivity index (χ0) is 14.8. The molecule has 5 heteroatoms. The lowest BCUT2D eigenvalue weighted by molar-refractivity contribution is 0.0516. The first-order chi connectivity index (χ1) is 9.33. The van der Waals surface area contributed by atoms with E-state index in [9.17, 15) is 4.79 Å². The Kier molecular flexibility index (Phi) is 4.43. The number of carbonyl (C=O) groups excluding carboxylic acids is 1. The molecule has 0 bridgehead atoms. The molecule has 110 valence electrons. The van der Waals surface area contributed by atoms with Crippen LogP contribution in [0.1, 0.15) is 20.8 Å². The first-order valence-corrected chi connectivity index (χ1v) is 7.19. The molecule has 2 rings (SSSR count). The summed E-state index contributed by atoms with van der Waals surface area (Å²) in [4.78, 5) is 13.8. The highest BCUT2D eigenvalue weighted by Gasteiger charge is 2.27. The maximum atomic E-state index is 11.5. The van der Waals surface area contributed by atoms with Gasteiger partial charge in [0.1, 0.15) is 5.60 Å². The minimum absolute atomic E-state index is 0.348. The molecule has 1 aromatic rings. The van der Waals surface area contributed by atoms with Gasteiger partial charge in [0, 0.05) is 36.3 Å². The third-order valence-corrected chi connectivity index (χ3v) is 3.30. The van der Waals surface area contributed by atoms with Crippen molar-refractivity contribution in [2.75, 3.05) is 24.5 Å². The Hall–Kier alpha value is -1.42. The monoisotopic (exact) mass is 296 g/mol. The lowest BCUT2D eigenvalue weighted by atomic mass is 9.99. The van der Waals surface area contributed by atoms with Crippen molar-refractivity contribution in [1.82, 2.24) is 5.32 Å². The van der Waals surface area contributed by atoms with E-state index in [-0.39, 0.29) is 6.09 Å². The molecule has 1 N–H and O–H groups in total. The van der Waals surface area contributed by atoms with Gasteiger partial charge in [-0.1, -0.05) is 17.7 Å². The van der Waals surface area contributed by atoms with Crippen molar-refractivity contribution < 1.29 is 9.53 Å². The summed E-state index contributed by atoms with van der Waals surface area (Å²) in [6.07, 6.45) is -0.348. The highest BCUT2D eigenvalue weighted by Crippen LogP contribution is 2.26. The second-order valence-electron chi connectivity index (χ2n) is 6.13. The number of carbonyl (C=O) groups is 1. The maximum Gasteiger partial charge on any atom is 0.407 e.